The lowest BCUT2D eigenvalue weighted by atomic mass is 10.1. The van der Waals surface area contributed by atoms with Gasteiger partial charge in [0.2, 0.25) is 0 Å². The molecule has 1 aliphatic rings. The Balaban J connectivity index is 2.24. The molecule has 2 nitrogen and oxygen atoms in total. The first-order valence-electron chi connectivity index (χ1n) is 4.18. The fraction of sp³-hybridized carbons (Fsp3) is 1.00. The molecule has 1 N–H and O–H groups in total. The van der Waals surface area contributed by atoms with Crippen molar-refractivity contribution in [2.45, 2.75) is 31.4 Å². The molecule has 1 aliphatic heterocycles. The maximum absolute atomic E-state index is 11.9. The highest BCUT2D eigenvalue weighted by atomic mass is 19.1. The second-order valence-electron chi connectivity index (χ2n) is 3.32. The van der Waals surface area contributed by atoms with Crippen LogP contribution in [0.5, 0.6) is 0 Å². The van der Waals surface area contributed by atoms with Crippen LogP contribution in [0, 0.1) is 0 Å². The zero-order valence-corrected chi connectivity index (χ0v) is 6.96. The van der Waals surface area contributed by atoms with Gasteiger partial charge in [-0.3, -0.25) is 0 Å². The molecule has 0 bridgehead atoms. The van der Waals surface area contributed by atoms with Gasteiger partial charge in [0.1, 0.15) is 6.67 Å². The molecule has 1 heterocycles. The molecule has 2 atom stereocenters. The lowest BCUT2D eigenvalue weighted by Crippen LogP contribution is -2.29. The normalized spacial score (nSPS) is 29.2. The first-order chi connectivity index (χ1) is 5.24. The third-order valence-electron chi connectivity index (χ3n) is 2.39. The molecule has 0 saturated carbocycles. The van der Waals surface area contributed by atoms with Gasteiger partial charge < -0.3 is 10.0 Å². The van der Waals surface area contributed by atoms with Crippen molar-refractivity contribution in [1.82, 2.24) is 4.90 Å². The van der Waals surface area contributed by atoms with Gasteiger partial charge in [-0.15, -0.1) is 0 Å². The zero-order valence-electron chi connectivity index (χ0n) is 6.96. The van der Waals surface area contributed by atoms with Gasteiger partial charge in [-0.25, -0.2) is 4.39 Å². The fourth-order valence-electron chi connectivity index (χ4n) is 1.65. The number of aliphatic hydroxyl groups is 1. The molecule has 1 fully saturated rings. The summed E-state index contributed by atoms with van der Waals surface area (Å²) < 4.78 is 11.9. The van der Waals surface area contributed by atoms with Crippen LogP contribution >= 0.6 is 0 Å². The maximum atomic E-state index is 11.9. The van der Waals surface area contributed by atoms with Crippen LogP contribution in [-0.4, -0.2) is 42.4 Å². The Labute approximate surface area is 67.0 Å². The molecule has 1 saturated heterocycles. The minimum atomic E-state index is -0.749. The van der Waals surface area contributed by atoms with Gasteiger partial charge in [-0.1, -0.05) is 0 Å². The Hall–Kier alpha value is -0.150. The van der Waals surface area contributed by atoms with E-state index in [1.807, 2.05) is 7.05 Å². The summed E-state index contributed by atoms with van der Waals surface area (Å²) in [5, 5.41) is 9.03. The fourth-order valence-corrected chi connectivity index (χ4v) is 1.65. The van der Waals surface area contributed by atoms with Crippen molar-refractivity contribution in [3.05, 3.63) is 0 Å². The molecule has 66 valence electrons. The molecular weight excluding hydrogens is 145 g/mol. The molecule has 0 aromatic carbocycles. The molecule has 1 rings (SSSR count). The number of alkyl halides is 1. The highest BCUT2D eigenvalue weighted by molar-refractivity contribution is 4.78. The summed E-state index contributed by atoms with van der Waals surface area (Å²) >= 11 is 0. The molecule has 3 heteroatoms. The minimum absolute atomic E-state index is 0.403. The number of rotatable bonds is 3. The predicted molar refractivity (Wildman–Crippen MR) is 42.3 cm³/mol. The van der Waals surface area contributed by atoms with Crippen LogP contribution in [0.25, 0.3) is 0 Å². The molecule has 0 aliphatic carbocycles. The Kier molecular flexibility index (Phi) is 3.27. The number of likely N-dealkylation sites (tertiary alicyclic amines) is 1. The van der Waals surface area contributed by atoms with Crippen LogP contribution in [0.4, 0.5) is 4.39 Å². The topological polar surface area (TPSA) is 23.5 Å². The van der Waals surface area contributed by atoms with Crippen LogP contribution in [0.2, 0.25) is 0 Å². The third kappa shape index (κ3) is 2.42. The first kappa shape index (κ1) is 8.94. The van der Waals surface area contributed by atoms with Gasteiger partial charge in [0.05, 0.1) is 6.10 Å². The van der Waals surface area contributed by atoms with E-state index in [0.717, 1.165) is 13.0 Å². The Morgan fingerprint density at radius 3 is 2.91 bits per heavy atom. The molecule has 0 spiro atoms. The Morgan fingerprint density at radius 2 is 2.45 bits per heavy atom. The SMILES string of the molecule is CN1CCCC1CC(O)CF. The minimum Gasteiger partial charge on any atom is -0.390 e. The van der Waals surface area contributed by atoms with Crippen molar-refractivity contribution in [1.29, 1.82) is 0 Å². The number of nitrogens with zero attached hydrogens (tertiary/aromatic N) is 1. The van der Waals surface area contributed by atoms with Crippen molar-refractivity contribution in [2.24, 2.45) is 0 Å². The largest absolute Gasteiger partial charge is 0.390 e. The second kappa shape index (κ2) is 4.02. The predicted octanol–water partition coefficient (Wildman–Crippen LogP) is 0.801. The quantitative estimate of drug-likeness (QED) is 0.662. The van der Waals surface area contributed by atoms with Gasteiger partial charge >= 0.3 is 0 Å². The number of hydrogen-bond donors (Lipinski definition) is 1. The van der Waals surface area contributed by atoms with Crippen molar-refractivity contribution in [3.8, 4) is 0 Å². The molecule has 0 amide bonds. The molecule has 0 aromatic rings. The summed E-state index contributed by atoms with van der Waals surface area (Å²) in [5.74, 6) is 0. The third-order valence-corrected chi connectivity index (χ3v) is 2.39. The lowest BCUT2D eigenvalue weighted by molar-refractivity contribution is 0.103. The lowest BCUT2D eigenvalue weighted by Gasteiger charge is -2.20. The van der Waals surface area contributed by atoms with Gasteiger partial charge in [0, 0.05) is 6.04 Å². The van der Waals surface area contributed by atoms with E-state index in [2.05, 4.69) is 4.90 Å². The van der Waals surface area contributed by atoms with Crippen LogP contribution in [-0.2, 0) is 0 Å². The Bertz CT molecular complexity index is 121. The summed E-state index contributed by atoms with van der Waals surface area (Å²) in [6.45, 7) is 0.480. The molecule has 0 aromatic heterocycles. The summed E-state index contributed by atoms with van der Waals surface area (Å²) in [4.78, 5) is 2.19. The summed E-state index contributed by atoms with van der Waals surface area (Å²) in [6, 6.07) is 0.403. The molecule has 11 heavy (non-hydrogen) atoms. The van der Waals surface area contributed by atoms with Gasteiger partial charge in [-0.05, 0) is 32.9 Å². The average molecular weight is 161 g/mol. The number of halogens is 1. The highest BCUT2D eigenvalue weighted by Gasteiger charge is 2.23. The van der Waals surface area contributed by atoms with E-state index in [9.17, 15) is 4.39 Å². The maximum Gasteiger partial charge on any atom is 0.115 e. The van der Waals surface area contributed by atoms with Gasteiger partial charge in [0.25, 0.3) is 0 Å². The van der Waals surface area contributed by atoms with E-state index in [1.54, 1.807) is 0 Å². The van der Waals surface area contributed by atoms with E-state index in [-0.39, 0.29) is 0 Å². The average Bonchev–Trinajstić information content (AvgIpc) is 2.37. The summed E-state index contributed by atoms with van der Waals surface area (Å²) in [6.07, 6.45) is 2.13. The molecular formula is C8H16FNO. The smallest absolute Gasteiger partial charge is 0.115 e. The van der Waals surface area contributed by atoms with Gasteiger partial charge in [-0.2, -0.15) is 0 Å². The van der Waals surface area contributed by atoms with Crippen LogP contribution in [0.1, 0.15) is 19.3 Å². The van der Waals surface area contributed by atoms with Crippen molar-refractivity contribution < 1.29 is 9.50 Å². The zero-order chi connectivity index (χ0) is 8.27. The van der Waals surface area contributed by atoms with Crippen molar-refractivity contribution in [3.63, 3.8) is 0 Å². The van der Waals surface area contributed by atoms with Crippen molar-refractivity contribution >= 4 is 0 Å². The Morgan fingerprint density at radius 1 is 1.73 bits per heavy atom. The van der Waals surface area contributed by atoms with E-state index >= 15 is 0 Å². The van der Waals surface area contributed by atoms with Gasteiger partial charge in [0.15, 0.2) is 0 Å². The van der Waals surface area contributed by atoms with E-state index in [4.69, 9.17) is 5.11 Å². The molecule has 0 radical (unpaired) electrons. The van der Waals surface area contributed by atoms with E-state index < -0.39 is 12.8 Å². The second-order valence-corrected chi connectivity index (χ2v) is 3.32. The summed E-state index contributed by atoms with van der Waals surface area (Å²) in [7, 11) is 2.03. The van der Waals surface area contributed by atoms with Crippen LogP contribution in [0.3, 0.4) is 0 Å². The number of hydrogen-bond acceptors (Lipinski definition) is 2. The van der Waals surface area contributed by atoms with E-state index in [0.29, 0.717) is 12.5 Å². The highest BCUT2D eigenvalue weighted by Crippen LogP contribution is 2.19. The van der Waals surface area contributed by atoms with Crippen LogP contribution in [0.15, 0.2) is 0 Å². The van der Waals surface area contributed by atoms with E-state index in [1.165, 1.54) is 6.42 Å². The first-order valence-corrected chi connectivity index (χ1v) is 4.18. The van der Waals surface area contributed by atoms with Crippen molar-refractivity contribution in [2.75, 3.05) is 20.3 Å². The summed E-state index contributed by atoms with van der Waals surface area (Å²) in [5.41, 5.74) is 0. The number of aliphatic hydroxyl groups excluding tert-OH is 1. The monoisotopic (exact) mass is 161 g/mol. The standard InChI is InChI=1S/C8H16FNO/c1-10-4-2-3-7(10)5-8(11)6-9/h7-8,11H,2-6H2,1H3. The van der Waals surface area contributed by atoms with Crippen LogP contribution < -0.4 is 0 Å². The molecule has 2 unspecified atom stereocenters.